The van der Waals surface area contributed by atoms with Crippen molar-refractivity contribution in [3.63, 3.8) is 0 Å². The highest BCUT2D eigenvalue weighted by atomic mass is 35.5. The molecule has 0 spiro atoms. The van der Waals surface area contributed by atoms with Crippen molar-refractivity contribution in [2.24, 2.45) is 0 Å². The second-order valence-electron chi connectivity index (χ2n) is 14.7. The zero-order chi connectivity index (χ0) is 41.5. The number of nitrogens with two attached hydrogens (primary N) is 1. The summed E-state index contributed by atoms with van der Waals surface area (Å²) in [6.45, 7) is 1.29. The van der Waals surface area contributed by atoms with Crippen LogP contribution in [0.5, 0.6) is 0 Å². The summed E-state index contributed by atoms with van der Waals surface area (Å²) in [5.41, 5.74) is 15.2. The van der Waals surface area contributed by atoms with Crippen molar-refractivity contribution >= 4 is 113 Å². The van der Waals surface area contributed by atoms with Crippen LogP contribution in [0.4, 0.5) is 21.0 Å². The molecule has 2 aromatic heterocycles. The molecule has 2 fully saturated rings. The Morgan fingerprint density at radius 3 is 1.38 bits per heavy atom. The Balaban J connectivity index is 0.000000166. The van der Waals surface area contributed by atoms with Gasteiger partial charge >= 0.3 is 0 Å². The molecule has 4 amide bonds. The molecule has 61 heavy (non-hydrogen) atoms. The first-order chi connectivity index (χ1) is 29.1. The van der Waals surface area contributed by atoms with Gasteiger partial charge in [0.1, 0.15) is 0 Å². The molecule has 12 nitrogen and oxygen atoms in total. The van der Waals surface area contributed by atoms with Crippen LogP contribution in [0.3, 0.4) is 0 Å². The largest absolute Gasteiger partial charge is 0.399 e. The van der Waals surface area contributed by atoms with Gasteiger partial charge in [0.25, 0.3) is 16.2 Å². The molecule has 4 N–H and O–H groups in total. The number of non-ortho nitro benzene ring substituents is 1. The number of benzene rings is 6. The molecule has 0 bridgehead atoms. The van der Waals surface area contributed by atoms with Crippen LogP contribution in [0.15, 0.2) is 133 Å². The first kappa shape index (κ1) is 41.1. The molecule has 8 aromatic rings. The first-order valence-electron chi connectivity index (χ1n) is 19.2. The zero-order valence-electron chi connectivity index (χ0n) is 32.3. The van der Waals surface area contributed by atoms with Crippen LogP contribution in [-0.4, -0.2) is 46.9 Å². The van der Waals surface area contributed by atoms with E-state index in [0.29, 0.717) is 19.4 Å². The molecule has 15 heteroatoms. The number of para-hydroxylation sites is 2. The van der Waals surface area contributed by atoms with Crippen LogP contribution in [0, 0.1) is 10.1 Å². The summed E-state index contributed by atoms with van der Waals surface area (Å²) in [5.74, 6) is -0.454. The summed E-state index contributed by atoms with van der Waals surface area (Å²) in [4.78, 5) is 57.9. The van der Waals surface area contributed by atoms with E-state index in [2.05, 4.69) is 50.1 Å². The van der Waals surface area contributed by atoms with E-state index in [0.717, 1.165) is 96.1 Å². The Morgan fingerprint density at radius 2 is 0.967 bits per heavy atom. The highest BCUT2D eigenvalue weighted by Gasteiger charge is 2.33. The van der Waals surface area contributed by atoms with Crippen molar-refractivity contribution in [2.75, 3.05) is 5.73 Å². The lowest BCUT2D eigenvalue weighted by atomic mass is 10.0. The van der Waals surface area contributed by atoms with Crippen molar-refractivity contribution < 1.29 is 24.1 Å². The highest BCUT2D eigenvalue weighted by Crippen LogP contribution is 2.36. The fraction of sp³-hybridized carbons (Fsp3) is 0.130. The molecule has 306 valence electrons. The summed E-state index contributed by atoms with van der Waals surface area (Å²) in [5, 5.41) is 18.7. The van der Waals surface area contributed by atoms with E-state index in [-0.39, 0.29) is 45.6 Å². The Bertz CT molecular complexity index is 3040. The van der Waals surface area contributed by atoms with Crippen molar-refractivity contribution in [1.29, 1.82) is 0 Å². The molecule has 6 aromatic carbocycles. The van der Waals surface area contributed by atoms with E-state index in [9.17, 15) is 29.3 Å². The predicted octanol–water partition coefficient (Wildman–Crippen LogP) is 9.39. The number of imide groups is 2. The fourth-order valence-corrected chi connectivity index (χ4v) is 9.89. The standard InChI is InChI=1S/C23H17N3O4S.C23H19N3O2S.ClH/c27-22-20(31-23(28)24-22)12-15-4-3-7-19-21(15)17-5-1-2-6-18(17)25(19)13-14-8-10-16(11-9-14)26(29)30;24-16-10-8-14(9-11-16)13-26-18-6-2-1-5-17(18)21-15(4-3-7-19(21)26)12-20-22(27)25-23(28)29-20;/h1-11,20H,12-13H2,(H,24,27,28);1-11,20H,12-13,24H2,(H,25,27,28);1H. The first-order valence-corrected chi connectivity index (χ1v) is 21.0. The molecule has 2 aliphatic rings. The molecule has 10 rings (SSSR count). The topological polar surface area (TPSA) is 171 Å². The number of carbonyl (C=O) groups is 4. The lowest BCUT2D eigenvalue weighted by Gasteiger charge is -2.10. The van der Waals surface area contributed by atoms with Crippen LogP contribution < -0.4 is 16.4 Å². The number of anilines is 1. The maximum atomic E-state index is 12.1. The van der Waals surface area contributed by atoms with E-state index in [1.165, 1.54) is 17.7 Å². The van der Waals surface area contributed by atoms with Crippen LogP contribution in [0.1, 0.15) is 22.3 Å². The average Bonchev–Trinajstić information content (AvgIpc) is 3.96. The molecule has 2 aliphatic heterocycles. The Hall–Kier alpha value is -6.61. The number of nitrogens with one attached hydrogen (secondary N) is 2. The molecule has 2 unspecified atom stereocenters. The number of fused-ring (bicyclic) bond motifs is 6. The monoisotopic (exact) mass is 868 g/mol. The lowest BCUT2D eigenvalue weighted by Crippen LogP contribution is -2.25. The quantitative estimate of drug-likeness (QED) is 0.0726. The molecule has 0 aliphatic carbocycles. The van der Waals surface area contributed by atoms with E-state index < -0.39 is 10.2 Å². The smallest absolute Gasteiger partial charge is 0.286 e. The predicted molar refractivity (Wildman–Crippen MR) is 246 cm³/mol. The second kappa shape index (κ2) is 17.2. The van der Waals surface area contributed by atoms with E-state index in [1.807, 2.05) is 78.9 Å². The number of hydrogen-bond acceptors (Lipinski definition) is 9. The third-order valence-corrected chi connectivity index (χ3v) is 12.9. The minimum Gasteiger partial charge on any atom is -0.399 e. The summed E-state index contributed by atoms with van der Waals surface area (Å²) in [6.07, 6.45) is 0.987. The summed E-state index contributed by atoms with van der Waals surface area (Å²) in [6, 6.07) is 43.1. The number of halogens is 1. The second-order valence-corrected chi connectivity index (χ2v) is 17.0. The van der Waals surface area contributed by atoms with Gasteiger partial charge in [0.05, 0.1) is 15.4 Å². The van der Waals surface area contributed by atoms with Crippen LogP contribution in [0.25, 0.3) is 43.6 Å². The molecule has 4 heterocycles. The number of nitrogens with zero attached hydrogens (tertiary/aromatic N) is 3. The van der Waals surface area contributed by atoms with Gasteiger partial charge < -0.3 is 14.9 Å². The molecule has 0 radical (unpaired) electrons. The number of hydrogen-bond donors (Lipinski definition) is 3. The maximum absolute atomic E-state index is 12.1. The Morgan fingerprint density at radius 1 is 0.557 bits per heavy atom. The number of carbonyl (C=O) groups excluding carboxylic acids is 4. The van der Waals surface area contributed by atoms with Gasteiger partial charge in [0, 0.05) is 74.5 Å². The number of rotatable bonds is 9. The fourth-order valence-electron chi connectivity index (χ4n) is 8.19. The van der Waals surface area contributed by atoms with Gasteiger partial charge in [-0.15, -0.1) is 12.4 Å². The highest BCUT2D eigenvalue weighted by molar-refractivity contribution is 8.15. The Labute approximate surface area is 363 Å². The van der Waals surface area contributed by atoms with Gasteiger partial charge in [-0.25, -0.2) is 0 Å². The molecule has 0 saturated carbocycles. The minimum absolute atomic E-state index is 0. The maximum Gasteiger partial charge on any atom is 0.286 e. The molecular formula is C46H37ClN6O6S2. The van der Waals surface area contributed by atoms with Crippen LogP contribution >= 0.6 is 35.9 Å². The summed E-state index contributed by atoms with van der Waals surface area (Å²) in [7, 11) is 0. The van der Waals surface area contributed by atoms with Gasteiger partial charge in [-0.3, -0.25) is 39.9 Å². The van der Waals surface area contributed by atoms with E-state index >= 15 is 0 Å². The SMILES string of the molecule is Cl.Nc1ccc(Cn2c3ccccc3c3c(CC4SC(=O)NC4=O)cccc32)cc1.O=C1NC(=O)C(Cc2cccc3c2c2ccccc2n3Cc2ccc([N+](=O)[O-])cc2)S1. The average molecular weight is 869 g/mol. The minimum atomic E-state index is -0.435. The van der Waals surface area contributed by atoms with Crippen molar-refractivity contribution in [2.45, 2.75) is 36.4 Å². The third kappa shape index (κ3) is 8.17. The Kier molecular flexibility index (Phi) is 11.6. The van der Waals surface area contributed by atoms with Gasteiger partial charge in [0.15, 0.2) is 0 Å². The van der Waals surface area contributed by atoms with Crippen LogP contribution in [-0.2, 0) is 35.5 Å². The lowest BCUT2D eigenvalue weighted by molar-refractivity contribution is -0.384. The van der Waals surface area contributed by atoms with Crippen molar-refractivity contribution in [1.82, 2.24) is 19.8 Å². The van der Waals surface area contributed by atoms with E-state index in [4.69, 9.17) is 5.73 Å². The zero-order valence-corrected chi connectivity index (χ0v) is 34.7. The van der Waals surface area contributed by atoms with Gasteiger partial charge in [-0.2, -0.15) is 0 Å². The molecular weight excluding hydrogens is 832 g/mol. The summed E-state index contributed by atoms with van der Waals surface area (Å²) < 4.78 is 4.48. The van der Waals surface area contributed by atoms with Gasteiger partial charge in [-0.1, -0.05) is 108 Å². The molecule has 2 atom stereocenters. The van der Waals surface area contributed by atoms with E-state index in [1.54, 1.807) is 12.1 Å². The number of nitrogen functional groups attached to an aromatic ring is 1. The normalized spacial score (nSPS) is 16.1. The van der Waals surface area contributed by atoms with Gasteiger partial charge in [0.2, 0.25) is 11.8 Å². The number of amides is 4. The van der Waals surface area contributed by atoms with Crippen LogP contribution in [0.2, 0.25) is 0 Å². The number of thioether (sulfide) groups is 2. The molecule has 2 saturated heterocycles. The van der Waals surface area contributed by atoms with Gasteiger partial charge in [-0.05, 0) is 71.5 Å². The third-order valence-electron chi connectivity index (χ3n) is 10.9. The number of nitro groups is 1. The van der Waals surface area contributed by atoms with Crippen molar-refractivity contribution in [3.05, 3.63) is 166 Å². The van der Waals surface area contributed by atoms with Crippen molar-refractivity contribution in [3.8, 4) is 0 Å². The summed E-state index contributed by atoms with van der Waals surface area (Å²) >= 11 is 2.11. The number of aromatic nitrogens is 2. The number of nitro benzene ring substituents is 1.